The molecule has 2 unspecified atom stereocenters. The molecule has 0 aromatic rings. The first-order valence-corrected chi connectivity index (χ1v) is 7.86. The van der Waals surface area contributed by atoms with Gasteiger partial charge in [-0.25, -0.2) is 0 Å². The van der Waals surface area contributed by atoms with Crippen LogP contribution in [-0.2, 0) is 4.79 Å². The van der Waals surface area contributed by atoms with Crippen LogP contribution in [0.4, 0.5) is 0 Å². The molecular weight excluding hydrogens is 246 g/mol. The highest BCUT2D eigenvalue weighted by Gasteiger charge is 2.28. The summed E-state index contributed by atoms with van der Waals surface area (Å²) in [5.41, 5.74) is 0. The van der Waals surface area contributed by atoms with Gasteiger partial charge in [0, 0.05) is 11.3 Å². The third kappa shape index (κ3) is 3.89. The smallest absolute Gasteiger partial charge is 0.230 e. The number of piperidine rings is 1. The lowest BCUT2D eigenvalue weighted by Gasteiger charge is -2.22. The highest BCUT2D eigenvalue weighted by molar-refractivity contribution is 8.00. The van der Waals surface area contributed by atoms with E-state index < -0.39 is 0 Å². The van der Waals surface area contributed by atoms with E-state index in [0.717, 1.165) is 45.2 Å². The summed E-state index contributed by atoms with van der Waals surface area (Å²) < 4.78 is 0. The van der Waals surface area contributed by atoms with Gasteiger partial charge in [0.05, 0.1) is 17.7 Å². The van der Waals surface area contributed by atoms with Crippen LogP contribution >= 0.6 is 11.8 Å². The largest absolute Gasteiger partial charge is 0.351 e. The molecule has 2 atom stereocenters. The van der Waals surface area contributed by atoms with E-state index in [2.05, 4.69) is 16.7 Å². The van der Waals surface area contributed by atoms with Crippen molar-refractivity contribution in [3.63, 3.8) is 0 Å². The Bertz CT molecular complexity index is 323. The Morgan fingerprint density at radius 3 is 2.83 bits per heavy atom. The van der Waals surface area contributed by atoms with Crippen molar-refractivity contribution in [3.8, 4) is 6.07 Å². The van der Waals surface area contributed by atoms with E-state index in [1.807, 2.05) is 0 Å². The Labute approximate surface area is 113 Å². The minimum atomic E-state index is 0.0258. The molecule has 1 heterocycles. The van der Waals surface area contributed by atoms with Crippen LogP contribution in [0.15, 0.2) is 0 Å². The summed E-state index contributed by atoms with van der Waals surface area (Å²) in [6.07, 6.45) is 5.26. The third-order valence-corrected chi connectivity index (χ3v) is 5.14. The molecule has 0 aromatic heterocycles. The van der Waals surface area contributed by atoms with Crippen molar-refractivity contribution in [2.45, 2.75) is 43.4 Å². The van der Waals surface area contributed by atoms with Gasteiger partial charge < -0.3 is 10.6 Å². The van der Waals surface area contributed by atoms with Crippen molar-refractivity contribution in [2.24, 2.45) is 5.92 Å². The standard InChI is InChI=1S/C13H21N3OS/c14-8-10-2-1-3-12(10)16-13(17)9-18-11-4-6-15-7-5-11/h10-12,15H,1-7,9H2,(H,16,17). The average molecular weight is 267 g/mol. The molecule has 0 radical (unpaired) electrons. The molecule has 0 spiro atoms. The molecule has 1 amide bonds. The summed E-state index contributed by atoms with van der Waals surface area (Å²) in [4.78, 5) is 11.8. The Morgan fingerprint density at radius 1 is 1.33 bits per heavy atom. The molecule has 2 fully saturated rings. The Hall–Kier alpha value is -0.730. The maximum absolute atomic E-state index is 11.8. The van der Waals surface area contributed by atoms with Gasteiger partial charge in [-0.3, -0.25) is 4.79 Å². The van der Waals surface area contributed by atoms with Gasteiger partial charge >= 0.3 is 0 Å². The molecule has 5 heteroatoms. The van der Waals surface area contributed by atoms with Crippen molar-refractivity contribution in [3.05, 3.63) is 0 Å². The normalized spacial score (nSPS) is 28.8. The highest BCUT2D eigenvalue weighted by Crippen LogP contribution is 2.25. The Balaban J connectivity index is 1.67. The van der Waals surface area contributed by atoms with E-state index in [1.165, 1.54) is 0 Å². The van der Waals surface area contributed by atoms with Crippen LogP contribution in [0.5, 0.6) is 0 Å². The van der Waals surface area contributed by atoms with Crippen LogP contribution in [0.1, 0.15) is 32.1 Å². The summed E-state index contributed by atoms with van der Waals surface area (Å²) in [5.74, 6) is 0.669. The molecule has 1 saturated heterocycles. The number of hydrogen-bond acceptors (Lipinski definition) is 4. The van der Waals surface area contributed by atoms with Crippen LogP contribution in [0.2, 0.25) is 0 Å². The van der Waals surface area contributed by atoms with Crippen molar-refractivity contribution < 1.29 is 4.79 Å². The topological polar surface area (TPSA) is 64.9 Å². The van der Waals surface area contributed by atoms with E-state index >= 15 is 0 Å². The Kier molecular flexibility index (Phi) is 5.33. The van der Waals surface area contributed by atoms with Gasteiger partial charge in [0.15, 0.2) is 0 Å². The number of amides is 1. The predicted molar refractivity (Wildman–Crippen MR) is 73.2 cm³/mol. The van der Waals surface area contributed by atoms with E-state index in [4.69, 9.17) is 5.26 Å². The van der Waals surface area contributed by atoms with E-state index in [-0.39, 0.29) is 17.9 Å². The molecule has 2 aliphatic rings. The van der Waals surface area contributed by atoms with E-state index in [0.29, 0.717) is 11.0 Å². The quantitative estimate of drug-likeness (QED) is 0.805. The lowest BCUT2D eigenvalue weighted by atomic mass is 10.1. The monoisotopic (exact) mass is 267 g/mol. The van der Waals surface area contributed by atoms with Gasteiger partial charge in [0.25, 0.3) is 0 Å². The van der Waals surface area contributed by atoms with Crippen LogP contribution in [0.25, 0.3) is 0 Å². The molecule has 1 saturated carbocycles. The molecule has 100 valence electrons. The zero-order valence-electron chi connectivity index (χ0n) is 10.7. The number of thioether (sulfide) groups is 1. The third-order valence-electron chi connectivity index (χ3n) is 3.76. The molecule has 1 aliphatic heterocycles. The molecule has 2 rings (SSSR count). The summed E-state index contributed by atoms with van der Waals surface area (Å²) in [7, 11) is 0. The fourth-order valence-electron chi connectivity index (χ4n) is 2.69. The van der Waals surface area contributed by atoms with Crippen molar-refractivity contribution in [1.29, 1.82) is 5.26 Å². The Morgan fingerprint density at radius 2 is 2.11 bits per heavy atom. The second-order valence-corrected chi connectivity index (χ2v) is 6.39. The first-order valence-electron chi connectivity index (χ1n) is 6.81. The minimum Gasteiger partial charge on any atom is -0.351 e. The lowest BCUT2D eigenvalue weighted by Crippen LogP contribution is -2.38. The second kappa shape index (κ2) is 7.01. The maximum Gasteiger partial charge on any atom is 0.230 e. The molecule has 4 nitrogen and oxygen atoms in total. The summed E-state index contributed by atoms with van der Waals surface area (Å²) in [5, 5.41) is 15.9. The number of carbonyl (C=O) groups excluding carboxylic acids is 1. The lowest BCUT2D eigenvalue weighted by molar-refractivity contribution is -0.119. The van der Waals surface area contributed by atoms with E-state index in [9.17, 15) is 4.79 Å². The van der Waals surface area contributed by atoms with Gasteiger partial charge in [-0.2, -0.15) is 5.26 Å². The number of nitrogens with zero attached hydrogens (tertiary/aromatic N) is 1. The summed E-state index contributed by atoms with van der Waals surface area (Å²) >= 11 is 1.76. The van der Waals surface area contributed by atoms with Crippen molar-refractivity contribution in [1.82, 2.24) is 10.6 Å². The van der Waals surface area contributed by atoms with Crippen molar-refractivity contribution >= 4 is 17.7 Å². The molecule has 0 aromatic carbocycles. The number of hydrogen-bond donors (Lipinski definition) is 2. The SMILES string of the molecule is N#CC1CCCC1NC(=O)CSC1CCNCC1. The molecule has 0 bridgehead atoms. The number of rotatable bonds is 4. The number of nitrogens with one attached hydrogen (secondary N) is 2. The summed E-state index contributed by atoms with van der Waals surface area (Å²) in [6, 6.07) is 2.39. The maximum atomic E-state index is 11.8. The fraction of sp³-hybridized carbons (Fsp3) is 0.846. The second-order valence-electron chi connectivity index (χ2n) is 5.10. The number of carbonyl (C=O) groups is 1. The molecule has 2 N–H and O–H groups in total. The van der Waals surface area contributed by atoms with Crippen LogP contribution in [0, 0.1) is 17.2 Å². The van der Waals surface area contributed by atoms with Crippen LogP contribution < -0.4 is 10.6 Å². The van der Waals surface area contributed by atoms with Gasteiger partial charge in [0.2, 0.25) is 5.91 Å². The average Bonchev–Trinajstić information content (AvgIpc) is 2.85. The first kappa shape index (κ1) is 13.7. The molecular formula is C13H21N3OS. The summed E-state index contributed by atoms with van der Waals surface area (Å²) in [6.45, 7) is 2.14. The van der Waals surface area contributed by atoms with Crippen molar-refractivity contribution in [2.75, 3.05) is 18.8 Å². The van der Waals surface area contributed by atoms with Gasteiger partial charge in [-0.1, -0.05) is 0 Å². The van der Waals surface area contributed by atoms with Crippen LogP contribution in [-0.4, -0.2) is 36.0 Å². The number of nitriles is 1. The predicted octanol–water partition coefficient (Wildman–Crippen LogP) is 1.28. The van der Waals surface area contributed by atoms with Gasteiger partial charge in [0.1, 0.15) is 0 Å². The first-order chi connectivity index (χ1) is 8.79. The highest BCUT2D eigenvalue weighted by atomic mass is 32.2. The van der Waals surface area contributed by atoms with Gasteiger partial charge in [-0.15, -0.1) is 11.8 Å². The fourth-order valence-corrected chi connectivity index (χ4v) is 3.73. The van der Waals surface area contributed by atoms with Gasteiger partial charge in [-0.05, 0) is 45.2 Å². The minimum absolute atomic E-state index is 0.0258. The van der Waals surface area contributed by atoms with Crippen LogP contribution in [0.3, 0.4) is 0 Å². The molecule has 1 aliphatic carbocycles. The molecule has 18 heavy (non-hydrogen) atoms. The zero-order valence-corrected chi connectivity index (χ0v) is 11.5. The zero-order chi connectivity index (χ0) is 12.8. The van der Waals surface area contributed by atoms with E-state index in [1.54, 1.807) is 11.8 Å².